The summed E-state index contributed by atoms with van der Waals surface area (Å²) in [6, 6.07) is 17.7. The fourth-order valence-corrected chi connectivity index (χ4v) is 2.05. The molecule has 0 spiro atoms. The summed E-state index contributed by atoms with van der Waals surface area (Å²) in [5.74, 6) is 6.69. The lowest BCUT2D eigenvalue weighted by Crippen LogP contribution is -2.00. The first-order valence-corrected chi connectivity index (χ1v) is 9.28. The highest BCUT2D eigenvalue weighted by Crippen LogP contribution is 2.22. The molecule has 3 aromatic rings. The lowest BCUT2D eigenvalue weighted by atomic mass is 10.2. The second kappa shape index (κ2) is 13.0. The molecule has 3 rings (SSSR count). The first-order chi connectivity index (χ1) is 13.3. The van der Waals surface area contributed by atoms with Gasteiger partial charge < -0.3 is 10.6 Å². The van der Waals surface area contributed by atoms with Gasteiger partial charge in [0, 0.05) is 25.0 Å². The van der Waals surface area contributed by atoms with E-state index in [-0.39, 0.29) is 0 Å². The smallest absolute Gasteiger partial charge is 0.227 e. The number of nitrogens with zero attached hydrogens (tertiary/aromatic N) is 2. The third kappa shape index (κ3) is 7.21. The van der Waals surface area contributed by atoms with Gasteiger partial charge in [0.15, 0.2) is 0 Å². The number of rotatable bonds is 3. The average molecular weight is 361 g/mol. The van der Waals surface area contributed by atoms with E-state index in [1.165, 1.54) is 0 Å². The summed E-state index contributed by atoms with van der Waals surface area (Å²) in [7, 11) is 1.88. The number of para-hydroxylation sites is 2. The van der Waals surface area contributed by atoms with Gasteiger partial charge in [-0.1, -0.05) is 69.9 Å². The second-order valence-corrected chi connectivity index (χ2v) is 4.83. The van der Waals surface area contributed by atoms with E-state index in [4.69, 9.17) is 0 Å². The Kier molecular flexibility index (Phi) is 10.4. The van der Waals surface area contributed by atoms with Crippen LogP contribution < -0.4 is 10.6 Å². The molecule has 1 aromatic heterocycles. The van der Waals surface area contributed by atoms with E-state index in [9.17, 15) is 0 Å². The van der Waals surface area contributed by atoms with Gasteiger partial charge in [-0.15, -0.1) is 0 Å². The summed E-state index contributed by atoms with van der Waals surface area (Å²) >= 11 is 0. The van der Waals surface area contributed by atoms with E-state index in [0.717, 1.165) is 22.5 Å². The SMILES string of the molecule is CC.CC.CNc1ccccc1Nc1ncc(C#Cc2ccccc2)cn1. The van der Waals surface area contributed by atoms with Crippen molar-refractivity contribution in [1.29, 1.82) is 0 Å². The molecule has 140 valence electrons. The van der Waals surface area contributed by atoms with Gasteiger partial charge >= 0.3 is 0 Å². The Bertz CT molecular complexity index is 832. The minimum absolute atomic E-state index is 0.540. The molecule has 2 aromatic carbocycles. The van der Waals surface area contributed by atoms with Crippen molar-refractivity contribution in [3.63, 3.8) is 0 Å². The molecule has 0 radical (unpaired) electrons. The molecule has 0 aliphatic rings. The van der Waals surface area contributed by atoms with Crippen LogP contribution in [0.2, 0.25) is 0 Å². The highest BCUT2D eigenvalue weighted by Gasteiger charge is 2.01. The van der Waals surface area contributed by atoms with Crippen LogP contribution >= 0.6 is 0 Å². The summed E-state index contributed by atoms with van der Waals surface area (Å²) < 4.78 is 0. The van der Waals surface area contributed by atoms with Crippen molar-refractivity contribution in [2.45, 2.75) is 27.7 Å². The zero-order chi connectivity index (χ0) is 19.9. The maximum Gasteiger partial charge on any atom is 0.227 e. The second-order valence-electron chi connectivity index (χ2n) is 4.83. The van der Waals surface area contributed by atoms with Crippen molar-refractivity contribution >= 4 is 17.3 Å². The fourth-order valence-electron chi connectivity index (χ4n) is 2.05. The number of nitrogens with one attached hydrogen (secondary N) is 2. The highest BCUT2D eigenvalue weighted by atomic mass is 15.1. The van der Waals surface area contributed by atoms with Crippen molar-refractivity contribution in [2.75, 3.05) is 17.7 Å². The molecule has 27 heavy (non-hydrogen) atoms. The Balaban J connectivity index is 0.000000855. The number of hydrogen-bond acceptors (Lipinski definition) is 4. The Hall–Kier alpha value is -3.32. The molecule has 0 aliphatic heterocycles. The Morgan fingerprint density at radius 1 is 0.667 bits per heavy atom. The topological polar surface area (TPSA) is 49.8 Å². The van der Waals surface area contributed by atoms with Crippen molar-refractivity contribution < 1.29 is 0 Å². The maximum absolute atomic E-state index is 4.31. The zero-order valence-corrected chi connectivity index (χ0v) is 16.7. The standard InChI is InChI=1S/C19H16N4.2C2H6/c1-20-17-9-5-6-10-18(17)23-19-21-13-16(14-22-19)12-11-15-7-3-2-4-8-15;2*1-2/h2-10,13-14,20H,1H3,(H,21,22,23);2*1-2H3. The predicted molar refractivity (Wildman–Crippen MR) is 116 cm³/mol. The third-order valence-corrected chi connectivity index (χ3v) is 3.22. The Morgan fingerprint density at radius 3 is 1.78 bits per heavy atom. The van der Waals surface area contributed by atoms with Gasteiger partial charge in [-0.3, -0.25) is 0 Å². The van der Waals surface area contributed by atoms with Crippen LogP contribution in [0.5, 0.6) is 0 Å². The Morgan fingerprint density at radius 2 is 1.19 bits per heavy atom. The van der Waals surface area contributed by atoms with Gasteiger partial charge in [0.05, 0.1) is 16.9 Å². The van der Waals surface area contributed by atoms with Crippen LogP contribution in [0.25, 0.3) is 0 Å². The number of hydrogen-bond donors (Lipinski definition) is 2. The first kappa shape index (κ1) is 21.7. The summed E-state index contributed by atoms with van der Waals surface area (Å²) in [6.45, 7) is 8.00. The molecule has 0 aliphatic carbocycles. The van der Waals surface area contributed by atoms with Crippen molar-refractivity contribution in [1.82, 2.24) is 9.97 Å². The van der Waals surface area contributed by atoms with Gasteiger partial charge in [-0.25, -0.2) is 9.97 Å². The molecular weight excluding hydrogens is 332 g/mol. The minimum atomic E-state index is 0.540. The zero-order valence-electron chi connectivity index (χ0n) is 16.7. The summed E-state index contributed by atoms with van der Waals surface area (Å²) in [5.41, 5.74) is 3.67. The molecule has 4 heteroatoms. The van der Waals surface area contributed by atoms with Gasteiger partial charge in [-0.05, 0) is 24.3 Å². The van der Waals surface area contributed by atoms with Crippen molar-refractivity contribution in [3.05, 3.63) is 78.1 Å². The molecule has 0 amide bonds. The number of anilines is 3. The molecule has 0 fully saturated rings. The number of aromatic nitrogens is 2. The molecule has 0 atom stereocenters. The predicted octanol–water partition coefficient (Wildman–Crippen LogP) is 5.71. The summed E-state index contributed by atoms with van der Waals surface area (Å²) in [5, 5.41) is 6.32. The fraction of sp³-hybridized carbons (Fsp3) is 0.217. The van der Waals surface area contributed by atoms with Crippen LogP contribution in [0.1, 0.15) is 38.8 Å². The molecule has 0 saturated carbocycles. The van der Waals surface area contributed by atoms with Gasteiger partial charge in [0.1, 0.15) is 0 Å². The van der Waals surface area contributed by atoms with Crippen molar-refractivity contribution in [2.24, 2.45) is 0 Å². The van der Waals surface area contributed by atoms with Crippen LogP contribution in [0.4, 0.5) is 17.3 Å². The normalized spacial score (nSPS) is 8.63. The largest absolute Gasteiger partial charge is 0.386 e. The molecule has 1 heterocycles. The van der Waals surface area contributed by atoms with E-state index in [1.807, 2.05) is 89.3 Å². The average Bonchev–Trinajstić information content (AvgIpc) is 2.77. The van der Waals surface area contributed by atoms with Crippen LogP contribution in [-0.4, -0.2) is 17.0 Å². The third-order valence-electron chi connectivity index (χ3n) is 3.22. The molecule has 2 N–H and O–H groups in total. The van der Waals surface area contributed by atoms with Crippen LogP contribution in [-0.2, 0) is 0 Å². The van der Waals surface area contributed by atoms with E-state index in [2.05, 4.69) is 32.4 Å². The molecule has 4 nitrogen and oxygen atoms in total. The van der Waals surface area contributed by atoms with E-state index in [0.29, 0.717) is 5.95 Å². The van der Waals surface area contributed by atoms with Gasteiger partial charge in [-0.2, -0.15) is 0 Å². The van der Waals surface area contributed by atoms with E-state index >= 15 is 0 Å². The van der Waals surface area contributed by atoms with E-state index in [1.54, 1.807) is 12.4 Å². The lowest BCUT2D eigenvalue weighted by molar-refractivity contribution is 1.15. The minimum Gasteiger partial charge on any atom is -0.386 e. The molecule has 0 unspecified atom stereocenters. The maximum atomic E-state index is 4.31. The quantitative estimate of drug-likeness (QED) is 0.587. The molecule has 0 saturated heterocycles. The summed E-state index contributed by atoms with van der Waals surface area (Å²) in [4.78, 5) is 8.62. The lowest BCUT2D eigenvalue weighted by Gasteiger charge is -2.09. The van der Waals surface area contributed by atoms with Crippen LogP contribution in [0, 0.1) is 11.8 Å². The van der Waals surface area contributed by atoms with Gasteiger partial charge in [0.2, 0.25) is 5.95 Å². The molecule has 0 bridgehead atoms. The van der Waals surface area contributed by atoms with E-state index < -0.39 is 0 Å². The monoisotopic (exact) mass is 360 g/mol. The highest BCUT2D eigenvalue weighted by molar-refractivity contribution is 5.71. The molecular formula is C23H28N4. The van der Waals surface area contributed by atoms with Crippen LogP contribution in [0.15, 0.2) is 67.0 Å². The summed E-state index contributed by atoms with van der Waals surface area (Å²) in [6.07, 6.45) is 3.43. The van der Waals surface area contributed by atoms with Crippen LogP contribution in [0.3, 0.4) is 0 Å². The number of benzene rings is 2. The Labute approximate surface area is 163 Å². The first-order valence-electron chi connectivity index (χ1n) is 9.28. The van der Waals surface area contributed by atoms with Gasteiger partial charge in [0.25, 0.3) is 0 Å². The van der Waals surface area contributed by atoms with Crippen molar-refractivity contribution in [3.8, 4) is 11.8 Å².